The Balaban J connectivity index is 0.000000212. The molecule has 1 fully saturated rings. The Hall–Kier alpha value is -3.54. The van der Waals surface area contributed by atoms with E-state index >= 15 is 0 Å². The van der Waals surface area contributed by atoms with Crippen LogP contribution in [0.4, 0.5) is 5.69 Å². The Morgan fingerprint density at radius 3 is 2.49 bits per heavy atom. The number of rotatable bonds is 3. The van der Waals surface area contributed by atoms with Gasteiger partial charge in [-0.25, -0.2) is 13.2 Å². The first-order valence-electron chi connectivity index (χ1n) is 12.0. The molecular formula is C26H28N4O6S. The number of ether oxygens (including phenoxy) is 1. The third kappa shape index (κ3) is 5.15. The highest BCUT2D eigenvalue weighted by molar-refractivity contribution is 7.89. The van der Waals surface area contributed by atoms with E-state index in [4.69, 9.17) is 9.26 Å². The molecule has 2 aliphatic heterocycles. The zero-order valence-corrected chi connectivity index (χ0v) is 21.5. The lowest BCUT2D eigenvalue weighted by Gasteiger charge is -2.41. The molecule has 6 rings (SSSR count). The van der Waals surface area contributed by atoms with E-state index in [1.807, 2.05) is 30.3 Å². The Bertz CT molecular complexity index is 1540. The lowest BCUT2D eigenvalue weighted by molar-refractivity contribution is 0.0988. The molecule has 0 radical (unpaired) electrons. The maximum absolute atomic E-state index is 13.0. The fourth-order valence-electron chi connectivity index (χ4n) is 4.83. The van der Waals surface area contributed by atoms with Gasteiger partial charge < -0.3 is 18.6 Å². The lowest BCUT2D eigenvalue weighted by Crippen LogP contribution is -2.48. The summed E-state index contributed by atoms with van der Waals surface area (Å²) in [5.74, 6) is -0.202. The summed E-state index contributed by atoms with van der Waals surface area (Å²) in [5, 5.41) is 4.63. The predicted molar refractivity (Wildman–Crippen MR) is 137 cm³/mol. The molecule has 0 saturated carbocycles. The summed E-state index contributed by atoms with van der Waals surface area (Å²) < 4.78 is 42.8. The molecule has 0 atom stereocenters. The number of benzene rings is 2. The van der Waals surface area contributed by atoms with Gasteiger partial charge in [0.1, 0.15) is 23.6 Å². The number of aryl methyl sites for hydroxylation is 2. The standard InChI is InChI=1S/C18H23N3O4S.C8H5NO2/c1-13-18(14(2)25-19-13)26(22,23)20-9-7-16(8-10-20)21-12-24-11-15-5-3-4-6-17(15)21;10-8-9-7-4-2-1-3-6(7)5-11-8/h3-6,16H,7-12H2,1-2H3;1-5H. The fraction of sp³-hybridized carbons (Fsp3) is 0.346. The summed E-state index contributed by atoms with van der Waals surface area (Å²) in [5.41, 5.74) is 3.47. The van der Waals surface area contributed by atoms with Crippen LogP contribution in [0.2, 0.25) is 0 Å². The Morgan fingerprint density at radius 2 is 1.73 bits per heavy atom. The van der Waals surface area contributed by atoms with Gasteiger partial charge in [-0.15, -0.1) is 0 Å². The number of anilines is 1. The minimum absolute atomic E-state index is 0.211. The zero-order chi connectivity index (χ0) is 26.0. The summed E-state index contributed by atoms with van der Waals surface area (Å²) in [6, 6.07) is 15.8. The van der Waals surface area contributed by atoms with Crippen LogP contribution < -0.4 is 10.7 Å². The summed E-state index contributed by atoms with van der Waals surface area (Å²) in [4.78, 5) is 16.7. The van der Waals surface area contributed by atoms with Gasteiger partial charge in [0.2, 0.25) is 10.0 Å². The lowest BCUT2D eigenvalue weighted by atomic mass is 10.0. The first-order valence-corrected chi connectivity index (χ1v) is 13.5. The van der Waals surface area contributed by atoms with E-state index < -0.39 is 15.8 Å². The van der Waals surface area contributed by atoms with Crippen LogP contribution in [0, 0.1) is 13.8 Å². The molecule has 4 heterocycles. The number of aromatic nitrogens is 2. The van der Waals surface area contributed by atoms with Crippen molar-refractivity contribution in [1.29, 1.82) is 0 Å². The van der Waals surface area contributed by atoms with Gasteiger partial charge >= 0.3 is 5.76 Å². The van der Waals surface area contributed by atoms with E-state index in [1.165, 1.54) is 17.5 Å². The van der Waals surface area contributed by atoms with E-state index in [-0.39, 0.29) is 10.9 Å². The minimum atomic E-state index is -3.57. The molecule has 0 bridgehead atoms. The van der Waals surface area contributed by atoms with E-state index in [0.29, 0.717) is 43.4 Å². The molecule has 11 heteroatoms. The molecule has 10 nitrogen and oxygen atoms in total. The number of para-hydroxylation sites is 2. The normalized spacial score (nSPS) is 16.8. The number of nitrogens with zero attached hydrogens (tertiary/aromatic N) is 4. The van der Waals surface area contributed by atoms with Crippen LogP contribution in [-0.4, -0.2) is 48.7 Å². The molecule has 2 aliphatic rings. The second-order valence-electron chi connectivity index (χ2n) is 9.04. The SMILES string of the molecule is Cc1noc(C)c1S(=O)(=O)N1CCC(N2COCc3ccccc32)CC1.O=c1nc2ccccc2co1. The molecule has 2 aromatic carbocycles. The van der Waals surface area contributed by atoms with Crippen molar-refractivity contribution in [3.05, 3.63) is 82.4 Å². The molecule has 0 aliphatic carbocycles. The Kier molecular flexibility index (Phi) is 7.09. The van der Waals surface area contributed by atoms with Crippen LogP contribution >= 0.6 is 0 Å². The van der Waals surface area contributed by atoms with Gasteiger partial charge in [0.05, 0.1) is 12.1 Å². The molecule has 2 aromatic heterocycles. The van der Waals surface area contributed by atoms with Gasteiger partial charge in [0, 0.05) is 35.8 Å². The van der Waals surface area contributed by atoms with Gasteiger partial charge in [0.25, 0.3) is 0 Å². The Labute approximate surface area is 214 Å². The first kappa shape index (κ1) is 25.1. The maximum Gasteiger partial charge on any atom is 0.439 e. The zero-order valence-electron chi connectivity index (χ0n) is 20.7. The van der Waals surface area contributed by atoms with Crippen molar-refractivity contribution >= 4 is 26.6 Å². The van der Waals surface area contributed by atoms with Crippen molar-refractivity contribution in [1.82, 2.24) is 14.4 Å². The molecule has 1 saturated heterocycles. The summed E-state index contributed by atoms with van der Waals surface area (Å²) in [6.45, 7) is 5.45. The van der Waals surface area contributed by atoms with Crippen molar-refractivity contribution in [3.8, 4) is 0 Å². The molecule has 0 N–H and O–H groups in total. The average molecular weight is 525 g/mol. The fourth-order valence-corrected chi connectivity index (χ4v) is 6.59. The molecule has 4 aromatic rings. The van der Waals surface area contributed by atoms with Crippen LogP contribution in [0.15, 0.2) is 73.4 Å². The van der Waals surface area contributed by atoms with Crippen molar-refractivity contribution in [2.75, 3.05) is 24.7 Å². The monoisotopic (exact) mass is 524 g/mol. The quantitative estimate of drug-likeness (QED) is 0.396. The van der Waals surface area contributed by atoms with Crippen LogP contribution in [0.1, 0.15) is 29.9 Å². The van der Waals surface area contributed by atoms with Crippen molar-refractivity contribution in [3.63, 3.8) is 0 Å². The summed E-state index contributed by atoms with van der Waals surface area (Å²) in [7, 11) is -3.57. The van der Waals surface area contributed by atoms with E-state index in [0.717, 1.165) is 18.2 Å². The Morgan fingerprint density at radius 1 is 1.00 bits per heavy atom. The van der Waals surface area contributed by atoms with Crippen molar-refractivity contribution in [2.24, 2.45) is 0 Å². The highest BCUT2D eigenvalue weighted by Crippen LogP contribution is 2.32. The van der Waals surface area contributed by atoms with E-state index in [1.54, 1.807) is 24.2 Å². The predicted octanol–water partition coefficient (Wildman–Crippen LogP) is 3.63. The molecule has 0 unspecified atom stereocenters. The average Bonchev–Trinajstić information content (AvgIpc) is 3.27. The molecule has 37 heavy (non-hydrogen) atoms. The van der Waals surface area contributed by atoms with Crippen LogP contribution in [0.25, 0.3) is 10.9 Å². The summed E-state index contributed by atoms with van der Waals surface area (Å²) >= 11 is 0. The third-order valence-electron chi connectivity index (χ3n) is 6.65. The largest absolute Gasteiger partial charge is 0.439 e. The smallest absolute Gasteiger partial charge is 0.416 e. The topological polar surface area (TPSA) is 119 Å². The van der Waals surface area contributed by atoms with Crippen molar-refractivity contribution in [2.45, 2.75) is 44.2 Å². The van der Waals surface area contributed by atoms with Crippen LogP contribution in [0.3, 0.4) is 0 Å². The van der Waals surface area contributed by atoms with E-state index in [9.17, 15) is 13.2 Å². The highest BCUT2D eigenvalue weighted by Gasteiger charge is 2.36. The number of sulfonamides is 1. The molecule has 0 amide bonds. The number of piperidine rings is 1. The molecule has 0 spiro atoms. The molecule has 194 valence electrons. The highest BCUT2D eigenvalue weighted by atomic mass is 32.2. The van der Waals surface area contributed by atoms with Gasteiger partial charge in [-0.1, -0.05) is 35.5 Å². The first-order chi connectivity index (χ1) is 17.8. The minimum Gasteiger partial charge on any atom is -0.416 e. The van der Waals surface area contributed by atoms with E-state index in [2.05, 4.69) is 31.6 Å². The maximum atomic E-state index is 13.0. The van der Waals surface area contributed by atoms with Gasteiger partial charge in [-0.05, 0) is 44.9 Å². The van der Waals surface area contributed by atoms with Crippen LogP contribution in [-0.2, 0) is 21.4 Å². The van der Waals surface area contributed by atoms with Gasteiger partial charge in [0.15, 0.2) is 5.76 Å². The number of hydrogen-bond acceptors (Lipinski definition) is 9. The summed E-state index contributed by atoms with van der Waals surface area (Å²) in [6.07, 6.45) is 2.94. The third-order valence-corrected chi connectivity index (χ3v) is 8.80. The van der Waals surface area contributed by atoms with Gasteiger partial charge in [-0.2, -0.15) is 9.29 Å². The number of hydrogen-bond donors (Lipinski definition) is 0. The molecular weight excluding hydrogens is 496 g/mol. The second-order valence-corrected chi connectivity index (χ2v) is 10.9. The van der Waals surface area contributed by atoms with Crippen LogP contribution in [0.5, 0.6) is 0 Å². The number of fused-ring (bicyclic) bond motifs is 2. The van der Waals surface area contributed by atoms with Gasteiger partial charge in [-0.3, -0.25) is 0 Å². The second kappa shape index (κ2) is 10.4. The van der Waals surface area contributed by atoms with Crippen molar-refractivity contribution < 1.29 is 22.1 Å².